The number of amides is 1. The molecular formula is C25H31N5O2. The number of likely N-dealkylation sites (tertiary alicyclic amines) is 1. The number of pyridine rings is 1. The number of nitrogens with zero attached hydrogens (tertiary/aromatic N) is 5. The third-order valence-corrected chi connectivity index (χ3v) is 6.79. The molecule has 3 aromatic rings. The normalized spacial score (nSPS) is 18.0. The summed E-state index contributed by atoms with van der Waals surface area (Å²) in [6.45, 7) is 11.9. The number of hydrogen-bond donors (Lipinski definition) is 0. The van der Waals surface area contributed by atoms with Gasteiger partial charge in [-0.05, 0) is 45.8 Å². The van der Waals surface area contributed by atoms with Gasteiger partial charge in [0, 0.05) is 44.8 Å². The van der Waals surface area contributed by atoms with Gasteiger partial charge < -0.3 is 14.3 Å². The number of aromatic nitrogens is 2. The van der Waals surface area contributed by atoms with Crippen LogP contribution in [-0.2, 0) is 0 Å². The fourth-order valence-electron chi connectivity index (χ4n) is 4.77. The molecule has 0 atom stereocenters. The molecule has 0 radical (unpaired) electrons. The van der Waals surface area contributed by atoms with Crippen molar-refractivity contribution in [3.63, 3.8) is 0 Å². The lowest BCUT2D eigenvalue weighted by atomic mass is 10.0. The highest BCUT2D eigenvalue weighted by molar-refractivity contribution is 6.07. The second-order valence-corrected chi connectivity index (χ2v) is 9.05. The largest absolute Gasteiger partial charge is 0.336 e. The summed E-state index contributed by atoms with van der Waals surface area (Å²) >= 11 is 0. The lowest BCUT2D eigenvalue weighted by molar-refractivity contribution is 0.0628. The molecule has 2 saturated heterocycles. The highest BCUT2D eigenvalue weighted by atomic mass is 16.5. The summed E-state index contributed by atoms with van der Waals surface area (Å²) in [6, 6.07) is 10.1. The first-order valence-electron chi connectivity index (χ1n) is 11.7. The molecule has 1 aromatic carbocycles. The summed E-state index contributed by atoms with van der Waals surface area (Å²) in [5, 5.41) is 4.81. The minimum absolute atomic E-state index is 0.0382. The Bertz CT molecular complexity index is 1090. The molecule has 7 nitrogen and oxygen atoms in total. The maximum Gasteiger partial charge on any atom is 0.259 e. The SMILES string of the molecule is Cc1ccc(-c2cc(C(=O)N3CCN(CCN4CCCC4)CC3)c3c(C)noc3n2)cc1. The van der Waals surface area contributed by atoms with Crippen molar-refractivity contribution in [3.05, 3.63) is 47.2 Å². The van der Waals surface area contributed by atoms with E-state index < -0.39 is 0 Å². The van der Waals surface area contributed by atoms with Gasteiger partial charge in [0.15, 0.2) is 0 Å². The van der Waals surface area contributed by atoms with Gasteiger partial charge in [-0.1, -0.05) is 35.0 Å². The third kappa shape index (κ3) is 4.27. The molecule has 5 rings (SSSR count). The molecule has 0 saturated carbocycles. The molecular weight excluding hydrogens is 402 g/mol. The summed E-state index contributed by atoms with van der Waals surface area (Å²) in [5.74, 6) is 0.0382. The van der Waals surface area contributed by atoms with Crippen molar-refractivity contribution in [2.24, 2.45) is 0 Å². The summed E-state index contributed by atoms with van der Waals surface area (Å²) in [4.78, 5) is 25.2. The van der Waals surface area contributed by atoms with E-state index in [1.165, 1.54) is 31.5 Å². The smallest absolute Gasteiger partial charge is 0.259 e. The van der Waals surface area contributed by atoms with Crippen LogP contribution >= 0.6 is 0 Å². The first-order chi connectivity index (χ1) is 15.6. The van der Waals surface area contributed by atoms with Gasteiger partial charge in [0.05, 0.1) is 22.3 Å². The zero-order valence-electron chi connectivity index (χ0n) is 19.0. The Morgan fingerprint density at radius 3 is 2.28 bits per heavy atom. The minimum atomic E-state index is 0.0382. The van der Waals surface area contributed by atoms with Gasteiger partial charge >= 0.3 is 0 Å². The Morgan fingerprint density at radius 1 is 0.938 bits per heavy atom. The fraction of sp³-hybridized carbons (Fsp3) is 0.480. The highest BCUT2D eigenvalue weighted by Gasteiger charge is 2.26. The first kappa shape index (κ1) is 21.1. The average molecular weight is 434 g/mol. The summed E-state index contributed by atoms with van der Waals surface area (Å²) in [6.07, 6.45) is 2.66. The van der Waals surface area contributed by atoms with Crippen LogP contribution in [0.25, 0.3) is 22.4 Å². The Labute approximate surface area is 189 Å². The lowest BCUT2D eigenvalue weighted by Crippen LogP contribution is -2.50. The van der Waals surface area contributed by atoms with Crippen LogP contribution in [0.1, 0.15) is 34.5 Å². The maximum absolute atomic E-state index is 13.6. The quantitative estimate of drug-likeness (QED) is 0.615. The number of carbonyl (C=O) groups excluding carboxylic acids is 1. The van der Waals surface area contributed by atoms with Crippen LogP contribution in [0.2, 0.25) is 0 Å². The van der Waals surface area contributed by atoms with Crippen LogP contribution in [0, 0.1) is 13.8 Å². The number of rotatable bonds is 5. The average Bonchev–Trinajstić information content (AvgIpc) is 3.47. The molecule has 0 bridgehead atoms. The van der Waals surface area contributed by atoms with Crippen LogP contribution < -0.4 is 0 Å². The van der Waals surface area contributed by atoms with Crippen LogP contribution in [0.15, 0.2) is 34.9 Å². The number of hydrogen-bond acceptors (Lipinski definition) is 6. The molecule has 0 unspecified atom stereocenters. The second kappa shape index (κ2) is 9.00. The molecule has 0 aliphatic carbocycles. The summed E-state index contributed by atoms with van der Waals surface area (Å²) in [5.41, 5.74) is 4.65. The predicted molar refractivity (Wildman–Crippen MR) is 125 cm³/mol. The van der Waals surface area contributed by atoms with Gasteiger partial charge in [0.2, 0.25) is 0 Å². The molecule has 2 aliphatic rings. The number of carbonyl (C=O) groups is 1. The van der Waals surface area contributed by atoms with Crippen LogP contribution in [0.5, 0.6) is 0 Å². The molecule has 7 heteroatoms. The van der Waals surface area contributed by atoms with Crippen molar-refractivity contribution in [3.8, 4) is 11.3 Å². The fourth-order valence-corrected chi connectivity index (χ4v) is 4.77. The standard InChI is InChI=1S/C25H31N5O2/c1-18-5-7-20(8-6-18)22-17-21(23-19(2)27-32-24(23)26-22)25(31)30-15-13-29(14-16-30)12-11-28-9-3-4-10-28/h5-8,17H,3-4,9-16H2,1-2H3. The van der Waals surface area contributed by atoms with E-state index in [4.69, 9.17) is 4.52 Å². The van der Waals surface area contributed by atoms with Crippen LogP contribution in [-0.4, -0.2) is 83.1 Å². The molecule has 0 spiro atoms. The van der Waals surface area contributed by atoms with Crippen LogP contribution in [0.4, 0.5) is 0 Å². The van der Waals surface area contributed by atoms with E-state index in [0.29, 0.717) is 17.0 Å². The van der Waals surface area contributed by atoms with E-state index in [1.807, 2.05) is 30.0 Å². The Morgan fingerprint density at radius 2 is 1.59 bits per heavy atom. The third-order valence-electron chi connectivity index (χ3n) is 6.79. The topological polar surface area (TPSA) is 65.7 Å². The van der Waals surface area contributed by atoms with E-state index in [2.05, 4.69) is 39.0 Å². The number of fused-ring (bicyclic) bond motifs is 1. The zero-order chi connectivity index (χ0) is 22.1. The second-order valence-electron chi connectivity index (χ2n) is 9.05. The zero-order valence-corrected chi connectivity index (χ0v) is 19.0. The molecule has 32 heavy (non-hydrogen) atoms. The van der Waals surface area contributed by atoms with E-state index >= 15 is 0 Å². The Hall–Kier alpha value is -2.77. The van der Waals surface area contributed by atoms with E-state index in [-0.39, 0.29) is 5.91 Å². The Balaban J connectivity index is 1.34. The van der Waals surface area contributed by atoms with Gasteiger partial charge in [-0.3, -0.25) is 9.69 Å². The molecule has 2 aliphatic heterocycles. The maximum atomic E-state index is 13.6. The molecule has 2 fully saturated rings. The monoisotopic (exact) mass is 433 g/mol. The van der Waals surface area contributed by atoms with Crippen molar-refractivity contribution in [1.29, 1.82) is 0 Å². The van der Waals surface area contributed by atoms with E-state index in [0.717, 1.165) is 55.9 Å². The minimum Gasteiger partial charge on any atom is -0.336 e. The molecule has 168 valence electrons. The Kier molecular flexibility index (Phi) is 5.93. The van der Waals surface area contributed by atoms with Crippen molar-refractivity contribution in [2.45, 2.75) is 26.7 Å². The van der Waals surface area contributed by atoms with Gasteiger partial charge in [-0.2, -0.15) is 0 Å². The molecule has 4 heterocycles. The van der Waals surface area contributed by atoms with Gasteiger partial charge in [0.1, 0.15) is 0 Å². The van der Waals surface area contributed by atoms with Crippen LogP contribution in [0.3, 0.4) is 0 Å². The van der Waals surface area contributed by atoms with Gasteiger partial charge in [0.25, 0.3) is 11.6 Å². The van der Waals surface area contributed by atoms with Crippen molar-refractivity contribution in [1.82, 2.24) is 24.8 Å². The number of benzene rings is 1. The van der Waals surface area contributed by atoms with Crippen molar-refractivity contribution >= 4 is 17.0 Å². The van der Waals surface area contributed by atoms with Gasteiger partial charge in [-0.15, -0.1) is 0 Å². The number of piperazine rings is 1. The molecule has 1 amide bonds. The van der Waals surface area contributed by atoms with E-state index in [9.17, 15) is 4.79 Å². The molecule has 2 aromatic heterocycles. The van der Waals surface area contributed by atoms with E-state index in [1.54, 1.807) is 0 Å². The number of aryl methyl sites for hydroxylation is 2. The summed E-state index contributed by atoms with van der Waals surface area (Å²) in [7, 11) is 0. The first-order valence-corrected chi connectivity index (χ1v) is 11.7. The van der Waals surface area contributed by atoms with Crippen molar-refractivity contribution < 1.29 is 9.32 Å². The van der Waals surface area contributed by atoms with Crippen molar-refractivity contribution in [2.75, 3.05) is 52.4 Å². The molecule has 0 N–H and O–H groups in total. The lowest BCUT2D eigenvalue weighted by Gasteiger charge is -2.35. The predicted octanol–water partition coefficient (Wildman–Crippen LogP) is 3.36. The van der Waals surface area contributed by atoms with Gasteiger partial charge in [-0.25, -0.2) is 4.98 Å². The summed E-state index contributed by atoms with van der Waals surface area (Å²) < 4.78 is 5.47. The highest BCUT2D eigenvalue weighted by Crippen LogP contribution is 2.28.